The van der Waals surface area contributed by atoms with Gasteiger partial charge in [0.05, 0.1) is 19.8 Å². The minimum Gasteiger partial charge on any atom is -0.463 e. The molecule has 180 valence electrons. The Labute approximate surface area is 190 Å². The van der Waals surface area contributed by atoms with Gasteiger partial charge in [-0.25, -0.2) is 0 Å². The molecule has 1 fully saturated rings. The van der Waals surface area contributed by atoms with Crippen molar-refractivity contribution in [3.8, 4) is 0 Å². The summed E-state index contributed by atoms with van der Waals surface area (Å²) in [4.78, 5) is 11.7. The average molecular weight is 439 g/mol. The molecule has 0 spiro atoms. The van der Waals surface area contributed by atoms with Crippen LogP contribution in [0.2, 0.25) is 0 Å². The van der Waals surface area contributed by atoms with Gasteiger partial charge in [-0.05, 0) is 58.3 Å². The van der Waals surface area contributed by atoms with Crippen molar-refractivity contribution in [3.05, 3.63) is 23.8 Å². The number of carbonyl (C=O) groups excluding carboxylic acids is 1. The van der Waals surface area contributed by atoms with E-state index in [0.717, 1.165) is 45.3 Å². The summed E-state index contributed by atoms with van der Waals surface area (Å²) in [5.41, 5.74) is 1.53. The minimum absolute atomic E-state index is 0.0879. The quantitative estimate of drug-likeness (QED) is 0.107. The van der Waals surface area contributed by atoms with Crippen LogP contribution in [0.15, 0.2) is 23.8 Å². The summed E-state index contributed by atoms with van der Waals surface area (Å²) in [6, 6.07) is 0. The van der Waals surface area contributed by atoms with Gasteiger partial charge in [0.1, 0.15) is 12.7 Å². The molecule has 0 bridgehead atoms. The van der Waals surface area contributed by atoms with E-state index in [1.54, 1.807) is 0 Å². The van der Waals surface area contributed by atoms with Gasteiger partial charge in [-0.1, -0.05) is 55.9 Å². The Morgan fingerprint density at radius 2 is 1.77 bits per heavy atom. The molecule has 2 atom stereocenters. The number of esters is 1. The average Bonchev–Trinajstić information content (AvgIpc) is 3.60. The molecule has 31 heavy (non-hydrogen) atoms. The van der Waals surface area contributed by atoms with Crippen molar-refractivity contribution in [1.29, 1.82) is 0 Å². The molecule has 0 saturated carbocycles. The van der Waals surface area contributed by atoms with Crippen LogP contribution in [-0.2, 0) is 19.0 Å². The van der Waals surface area contributed by atoms with Crippen molar-refractivity contribution in [2.24, 2.45) is 5.92 Å². The molecular formula is C26H46O5. The number of epoxide rings is 1. The second-order valence-electron chi connectivity index (χ2n) is 8.57. The summed E-state index contributed by atoms with van der Waals surface area (Å²) in [5, 5.41) is 8.73. The van der Waals surface area contributed by atoms with E-state index < -0.39 is 0 Å². The van der Waals surface area contributed by atoms with E-state index in [2.05, 4.69) is 32.1 Å². The van der Waals surface area contributed by atoms with E-state index in [0.29, 0.717) is 25.6 Å². The highest BCUT2D eigenvalue weighted by atomic mass is 16.6. The fraction of sp³-hybridized carbons (Fsp3) is 0.808. The summed E-state index contributed by atoms with van der Waals surface area (Å²) >= 11 is 0. The molecule has 0 radical (unpaired) electrons. The van der Waals surface area contributed by atoms with Gasteiger partial charge in [-0.3, -0.25) is 4.79 Å². The normalized spacial score (nSPS) is 17.3. The van der Waals surface area contributed by atoms with E-state index in [1.807, 2.05) is 0 Å². The Hall–Kier alpha value is -1.17. The molecule has 1 N–H and O–H groups in total. The number of hydrogen-bond acceptors (Lipinski definition) is 5. The molecule has 2 unspecified atom stereocenters. The standard InChI is InChI=1S/C26H46O5/c1-3-4-5-9-14-23(2)24(15-10-6-7-13-19-29-20-18-27)16-11-8-12-17-26(28)31-22-25-21-30-25/h3-4,14,24-25,27H,5-13,15-22H2,1-2H3/b4-3+,23-14+. The molecule has 0 aliphatic carbocycles. The number of aliphatic hydroxyl groups excluding tert-OH is 1. The molecule has 5 nitrogen and oxygen atoms in total. The van der Waals surface area contributed by atoms with Crippen LogP contribution in [-0.4, -0.2) is 50.2 Å². The van der Waals surface area contributed by atoms with E-state index >= 15 is 0 Å². The Bertz CT molecular complexity index is 496. The third-order valence-electron chi connectivity index (χ3n) is 5.77. The lowest BCUT2D eigenvalue weighted by atomic mass is 9.88. The molecule has 1 aliphatic heterocycles. The summed E-state index contributed by atoms with van der Waals surface area (Å²) in [6.45, 7) is 6.83. The number of carbonyl (C=O) groups is 1. The molecule has 0 aromatic carbocycles. The first-order valence-electron chi connectivity index (χ1n) is 12.4. The molecule has 0 aromatic heterocycles. The Morgan fingerprint density at radius 3 is 2.45 bits per heavy atom. The number of rotatable bonds is 21. The van der Waals surface area contributed by atoms with E-state index in [-0.39, 0.29) is 18.7 Å². The first-order chi connectivity index (χ1) is 15.2. The number of ether oxygens (including phenoxy) is 3. The highest BCUT2D eigenvalue weighted by Gasteiger charge is 2.24. The van der Waals surface area contributed by atoms with Gasteiger partial charge in [0, 0.05) is 13.0 Å². The molecule has 1 heterocycles. The molecule has 0 aromatic rings. The van der Waals surface area contributed by atoms with Gasteiger partial charge in [-0.15, -0.1) is 0 Å². The summed E-state index contributed by atoms with van der Waals surface area (Å²) in [6.07, 6.45) is 20.0. The zero-order valence-corrected chi connectivity index (χ0v) is 20.0. The Balaban J connectivity index is 2.23. The monoisotopic (exact) mass is 438 g/mol. The summed E-state index contributed by atoms with van der Waals surface area (Å²) in [7, 11) is 0. The van der Waals surface area contributed by atoms with Gasteiger partial charge >= 0.3 is 5.97 Å². The van der Waals surface area contributed by atoms with E-state index in [4.69, 9.17) is 19.3 Å². The number of allylic oxidation sites excluding steroid dienone is 4. The fourth-order valence-electron chi connectivity index (χ4n) is 3.71. The van der Waals surface area contributed by atoms with Crippen molar-refractivity contribution in [3.63, 3.8) is 0 Å². The van der Waals surface area contributed by atoms with Gasteiger partial charge in [0.25, 0.3) is 0 Å². The van der Waals surface area contributed by atoms with Crippen LogP contribution < -0.4 is 0 Å². The van der Waals surface area contributed by atoms with Crippen LogP contribution in [0.4, 0.5) is 0 Å². The van der Waals surface area contributed by atoms with Crippen molar-refractivity contribution >= 4 is 5.97 Å². The molecule has 0 amide bonds. The van der Waals surface area contributed by atoms with Crippen LogP contribution in [0.25, 0.3) is 0 Å². The fourth-order valence-corrected chi connectivity index (χ4v) is 3.71. The Morgan fingerprint density at radius 1 is 1.06 bits per heavy atom. The zero-order chi connectivity index (χ0) is 22.6. The van der Waals surface area contributed by atoms with Crippen LogP contribution in [0, 0.1) is 5.92 Å². The lowest BCUT2D eigenvalue weighted by molar-refractivity contribution is -0.144. The van der Waals surface area contributed by atoms with Crippen molar-refractivity contribution in [2.45, 2.75) is 97.0 Å². The molecule has 5 heteroatoms. The second-order valence-corrected chi connectivity index (χ2v) is 8.57. The van der Waals surface area contributed by atoms with Gasteiger partial charge in [-0.2, -0.15) is 0 Å². The molecular weight excluding hydrogens is 392 g/mol. The predicted molar refractivity (Wildman–Crippen MR) is 126 cm³/mol. The van der Waals surface area contributed by atoms with Gasteiger partial charge in [0.15, 0.2) is 0 Å². The highest BCUT2D eigenvalue weighted by Crippen LogP contribution is 2.26. The highest BCUT2D eigenvalue weighted by molar-refractivity contribution is 5.69. The van der Waals surface area contributed by atoms with Crippen LogP contribution in [0.5, 0.6) is 0 Å². The van der Waals surface area contributed by atoms with Crippen LogP contribution in [0.1, 0.15) is 90.9 Å². The molecule has 1 aliphatic rings. The van der Waals surface area contributed by atoms with Crippen LogP contribution in [0.3, 0.4) is 0 Å². The topological polar surface area (TPSA) is 68.3 Å². The lowest BCUT2D eigenvalue weighted by Crippen LogP contribution is -2.09. The first-order valence-corrected chi connectivity index (χ1v) is 12.4. The van der Waals surface area contributed by atoms with E-state index in [1.165, 1.54) is 44.1 Å². The Kier molecular flexibility index (Phi) is 17.5. The molecule has 1 saturated heterocycles. The zero-order valence-electron chi connectivity index (χ0n) is 20.0. The van der Waals surface area contributed by atoms with Crippen molar-refractivity contribution in [1.82, 2.24) is 0 Å². The van der Waals surface area contributed by atoms with Crippen LogP contribution >= 0.6 is 0 Å². The maximum Gasteiger partial charge on any atom is 0.305 e. The number of unbranched alkanes of at least 4 members (excludes halogenated alkanes) is 6. The SMILES string of the molecule is C/C=C/CC/C=C(\C)C(CCCCCCOCCO)CCCCCC(=O)OCC1CO1. The molecule has 1 rings (SSSR count). The number of aliphatic hydroxyl groups is 1. The smallest absolute Gasteiger partial charge is 0.305 e. The maximum atomic E-state index is 11.7. The largest absolute Gasteiger partial charge is 0.463 e. The third-order valence-corrected chi connectivity index (χ3v) is 5.77. The third kappa shape index (κ3) is 17.1. The van der Waals surface area contributed by atoms with Crippen molar-refractivity contribution < 1.29 is 24.1 Å². The minimum atomic E-state index is -0.0879. The van der Waals surface area contributed by atoms with E-state index in [9.17, 15) is 4.79 Å². The first kappa shape index (κ1) is 27.9. The predicted octanol–water partition coefficient (Wildman–Crippen LogP) is 5.76. The second kappa shape index (κ2) is 19.5. The van der Waals surface area contributed by atoms with Gasteiger partial charge in [0.2, 0.25) is 0 Å². The van der Waals surface area contributed by atoms with Gasteiger partial charge < -0.3 is 19.3 Å². The number of hydrogen-bond donors (Lipinski definition) is 1. The summed E-state index contributed by atoms with van der Waals surface area (Å²) in [5.74, 6) is 0.560. The maximum absolute atomic E-state index is 11.7. The summed E-state index contributed by atoms with van der Waals surface area (Å²) < 4.78 is 15.6. The van der Waals surface area contributed by atoms with Crippen molar-refractivity contribution in [2.75, 3.05) is 33.0 Å². The lowest BCUT2D eigenvalue weighted by Gasteiger charge is -2.18.